The highest BCUT2D eigenvalue weighted by Gasteiger charge is 2.47. The van der Waals surface area contributed by atoms with Crippen LogP contribution in [0.1, 0.15) is 25.0 Å². The van der Waals surface area contributed by atoms with Crippen LogP contribution in [0.4, 0.5) is 4.39 Å². The SMILES string of the molecule is O=C(O)C1(c2ccn(-c3ccc(F)cc3)n2)CCC1. The number of carboxylic acids is 1. The number of rotatable bonds is 3. The average molecular weight is 260 g/mol. The van der Waals surface area contributed by atoms with Crippen LogP contribution < -0.4 is 0 Å². The second-order valence-electron chi connectivity index (χ2n) is 4.86. The van der Waals surface area contributed by atoms with Crippen molar-refractivity contribution in [3.63, 3.8) is 0 Å². The van der Waals surface area contributed by atoms with Gasteiger partial charge in [0.25, 0.3) is 0 Å². The lowest BCUT2D eigenvalue weighted by atomic mass is 9.67. The molecular weight excluding hydrogens is 247 g/mol. The van der Waals surface area contributed by atoms with Crippen LogP contribution in [-0.2, 0) is 10.2 Å². The van der Waals surface area contributed by atoms with E-state index >= 15 is 0 Å². The lowest BCUT2D eigenvalue weighted by Gasteiger charge is -2.35. The van der Waals surface area contributed by atoms with Crippen molar-refractivity contribution < 1.29 is 14.3 Å². The standard InChI is InChI=1S/C14H13FN2O2/c15-10-2-4-11(5-3-10)17-9-6-12(16-17)14(13(18)19)7-1-8-14/h2-6,9H,1,7-8H2,(H,18,19). The third-order valence-electron chi connectivity index (χ3n) is 3.79. The van der Waals surface area contributed by atoms with Gasteiger partial charge in [0, 0.05) is 6.20 Å². The summed E-state index contributed by atoms with van der Waals surface area (Å²) >= 11 is 0. The zero-order valence-electron chi connectivity index (χ0n) is 10.2. The van der Waals surface area contributed by atoms with Crippen LogP contribution in [0, 0.1) is 5.82 Å². The molecule has 1 fully saturated rings. The van der Waals surface area contributed by atoms with E-state index in [2.05, 4.69) is 5.10 Å². The number of benzene rings is 1. The summed E-state index contributed by atoms with van der Waals surface area (Å²) in [5.74, 6) is -1.12. The number of aromatic nitrogens is 2. The Kier molecular flexibility index (Phi) is 2.62. The Hall–Kier alpha value is -2.17. The minimum Gasteiger partial charge on any atom is -0.481 e. The summed E-state index contributed by atoms with van der Waals surface area (Å²) in [5.41, 5.74) is 0.466. The van der Waals surface area contributed by atoms with Crippen molar-refractivity contribution in [2.24, 2.45) is 0 Å². The van der Waals surface area contributed by atoms with Crippen LogP contribution in [-0.4, -0.2) is 20.9 Å². The predicted octanol–water partition coefficient (Wildman–Crippen LogP) is 2.52. The molecule has 0 bridgehead atoms. The monoisotopic (exact) mass is 260 g/mol. The summed E-state index contributed by atoms with van der Waals surface area (Å²) in [6.07, 6.45) is 3.88. The van der Waals surface area contributed by atoms with Gasteiger partial charge in [0.05, 0.1) is 11.4 Å². The van der Waals surface area contributed by atoms with E-state index in [1.807, 2.05) is 0 Å². The van der Waals surface area contributed by atoms with Crippen molar-refractivity contribution >= 4 is 5.97 Å². The van der Waals surface area contributed by atoms with Crippen LogP contribution in [0.5, 0.6) is 0 Å². The van der Waals surface area contributed by atoms with Gasteiger partial charge in [-0.15, -0.1) is 0 Å². The first-order chi connectivity index (χ1) is 9.12. The topological polar surface area (TPSA) is 55.1 Å². The van der Waals surface area contributed by atoms with Gasteiger partial charge in [-0.2, -0.15) is 5.10 Å². The van der Waals surface area contributed by atoms with Gasteiger partial charge in [0.1, 0.15) is 11.2 Å². The Labute approximate surface area is 109 Å². The summed E-state index contributed by atoms with van der Waals surface area (Å²) in [7, 11) is 0. The van der Waals surface area contributed by atoms with E-state index in [4.69, 9.17) is 0 Å². The van der Waals surface area contributed by atoms with Crippen molar-refractivity contribution in [1.29, 1.82) is 0 Å². The zero-order chi connectivity index (χ0) is 13.5. The molecule has 4 nitrogen and oxygen atoms in total. The Morgan fingerprint density at radius 3 is 2.47 bits per heavy atom. The number of carbonyl (C=O) groups is 1. The van der Waals surface area contributed by atoms with Crippen LogP contribution >= 0.6 is 0 Å². The van der Waals surface area contributed by atoms with E-state index in [0.717, 1.165) is 6.42 Å². The number of aliphatic carboxylic acids is 1. The highest BCUT2D eigenvalue weighted by Crippen LogP contribution is 2.43. The quantitative estimate of drug-likeness (QED) is 0.922. The first kappa shape index (κ1) is 11.9. The summed E-state index contributed by atoms with van der Waals surface area (Å²) in [6.45, 7) is 0. The molecule has 0 spiro atoms. The number of halogens is 1. The van der Waals surface area contributed by atoms with E-state index in [-0.39, 0.29) is 5.82 Å². The summed E-state index contributed by atoms with van der Waals surface area (Å²) in [6, 6.07) is 7.66. The normalized spacial score (nSPS) is 16.9. The third-order valence-corrected chi connectivity index (χ3v) is 3.79. The zero-order valence-corrected chi connectivity index (χ0v) is 10.2. The molecule has 1 N–H and O–H groups in total. The fourth-order valence-corrected chi connectivity index (χ4v) is 2.43. The summed E-state index contributed by atoms with van der Waals surface area (Å²) < 4.78 is 14.4. The second kappa shape index (κ2) is 4.19. The Bertz CT molecular complexity index is 615. The van der Waals surface area contributed by atoms with E-state index < -0.39 is 11.4 Å². The van der Waals surface area contributed by atoms with Crippen LogP contribution in [0.3, 0.4) is 0 Å². The molecule has 19 heavy (non-hydrogen) atoms. The van der Waals surface area contributed by atoms with Gasteiger partial charge in [0.15, 0.2) is 0 Å². The van der Waals surface area contributed by atoms with Crippen molar-refractivity contribution in [2.45, 2.75) is 24.7 Å². The van der Waals surface area contributed by atoms with Gasteiger partial charge in [-0.1, -0.05) is 6.42 Å². The molecule has 1 heterocycles. The molecule has 1 aliphatic rings. The molecule has 0 saturated heterocycles. The van der Waals surface area contributed by atoms with E-state index in [0.29, 0.717) is 24.2 Å². The molecule has 1 aromatic carbocycles. The van der Waals surface area contributed by atoms with E-state index in [9.17, 15) is 14.3 Å². The lowest BCUT2D eigenvalue weighted by Crippen LogP contribution is -2.42. The number of nitrogens with zero attached hydrogens (tertiary/aromatic N) is 2. The second-order valence-corrected chi connectivity index (χ2v) is 4.86. The smallest absolute Gasteiger partial charge is 0.315 e. The first-order valence-corrected chi connectivity index (χ1v) is 6.17. The molecule has 3 rings (SSSR count). The maximum Gasteiger partial charge on any atom is 0.315 e. The van der Waals surface area contributed by atoms with Crippen LogP contribution in [0.25, 0.3) is 5.69 Å². The highest BCUT2D eigenvalue weighted by molar-refractivity contribution is 5.81. The molecule has 0 radical (unpaired) electrons. The fraction of sp³-hybridized carbons (Fsp3) is 0.286. The molecule has 0 atom stereocenters. The maximum absolute atomic E-state index is 12.9. The number of hydrogen-bond acceptors (Lipinski definition) is 2. The number of carboxylic acid groups (broad SMARTS) is 1. The van der Waals surface area contributed by atoms with Gasteiger partial charge in [-0.3, -0.25) is 4.79 Å². The lowest BCUT2D eigenvalue weighted by molar-refractivity contribution is -0.147. The molecule has 5 heteroatoms. The summed E-state index contributed by atoms with van der Waals surface area (Å²) in [4.78, 5) is 11.4. The first-order valence-electron chi connectivity index (χ1n) is 6.17. The third kappa shape index (κ3) is 1.82. The largest absolute Gasteiger partial charge is 0.481 e. The molecule has 1 aliphatic carbocycles. The summed E-state index contributed by atoms with van der Waals surface area (Å²) in [5, 5.41) is 13.7. The average Bonchev–Trinajstić information content (AvgIpc) is 2.77. The molecule has 0 unspecified atom stereocenters. The minimum absolute atomic E-state index is 0.308. The molecule has 1 saturated carbocycles. The van der Waals surface area contributed by atoms with Crippen LogP contribution in [0.15, 0.2) is 36.5 Å². The van der Waals surface area contributed by atoms with Gasteiger partial charge in [-0.05, 0) is 43.2 Å². The fourth-order valence-electron chi connectivity index (χ4n) is 2.43. The van der Waals surface area contributed by atoms with Crippen LogP contribution in [0.2, 0.25) is 0 Å². The van der Waals surface area contributed by atoms with Gasteiger partial charge >= 0.3 is 5.97 Å². The van der Waals surface area contributed by atoms with E-state index in [1.54, 1.807) is 29.1 Å². The molecule has 98 valence electrons. The number of hydrogen-bond donors (Lipinski definition) is 1. The van der Waals surface area contributed by atoms with Gasteiger partial charge in [-0.25, -0.2) is 9.07 Å². The Balaban J connectivity index is 1.95. The minimum atomic E-state index is -0.828. The van der Waals surface area contributed by atoms with Crippen molar-refractivity contribution in [3.8, 4) is 5.69 Å². The predicted molar refractivity (Wildman–Crippen MR) is 66.7 cm³/mol. The van der Waals surface area contributed by atoms with Crippen molar-refractivity contribution in [2.75, 3.05) is 0 Å². The molecular formula is C14H13FN2O2. The molecule has 2 aromatic rings. The Morgan fingerprint density at radius 2 is 1.95 bits per heavy atom. The van der Waals surface area contributed by atoms with Gasteiger partial charge < -0.3 is 5.11 Å². The molecule has 0 aliphatic heterocycles. The molecule has 0 amide bonds. The van der Waals surface area contributed by atoms with Gasteiger partial charge in [0.2, 0.25) is 0 Å². The highest BCUT2D eigenvalue weighted by atomic mass is 19.1. The van der Waals surface area contributed by atoms with E-state index in [1.165, 1.54) is 12.1 Å². The Morgan fingerprint density at radius 1 is 1.26 bits per heavy atom. The van der Waals surface area contributed by atoms with Crippen molar-refractivity contribution in [1.82, 2.24) is 9.78 Å². The maximum atomic E-state index is 12.9. The molecule has 1 aromatic heterocycles. The van der Waals surface area contributed by atoms with Crippen molar-refractivity contribution in [3.05, 3.63) is 48.0 Å².